The van der Waals surface area contributed by atoms with E-state index in [-0.39, 0.29) is 5.92 Å². The van der Waals surface area contributed by atoms with Gasteiger partial charge in [0.2, 0.25) is 0 Å². The number of carbonyl (C=O) groups excluding carboxylic acids is 1. The summed E-state index contributed by atoms with van der Waals surface area (Å²) in [5.74, 6) is -0.765. The Hall–Kier alpha value is -2.38. The summed E-state index contributed by atoms with van der Waals surface area (Å²) in [6, 6.07) is 7.38. The molecule has 1 aromatic carbocycles. The molecule has 2 N–H and O–H groups in total. The van der Waals surface area contributed by atoms with Crippen LogP contribution in [0, 0.1) is 5.92 Å². The Morgan fingerprint density at radius 3 is 2.74 bits per heavy atom. The van der Waals surface area contributed by atoms with Crippen molar-refractivity contribution in [2.24, 2.45) is 5.92 Å². The molecule has 0 amide bonds. The van der Waals surface area contributed by atoms with E-state index in [4.69, 9.17) is 16.7 Å². The van der Waals surface area contributed by atoms with Gasteiger partial charge < -0.3 is 14.4 Å². The number of likely N-dealkylation sites (N-methyl/N-ethyl adjacent to an activating group) is 1. The normalized spacial score (nSPS) is 13.4. The van der Waals surface area contributed by atoms with Gasteiger partial charge >= 0.3 is 12.1 Å². The molecule has 0 bridgehead atoms. The molecule has 8 heteroatoms. The third-order valence-corrected chi connectivity index (χ3v) is 4.35. The summed E-state index contributed by atoms with van der Waals surface area (Å²) >= 11 is 6.06. The van der Waals surface area contributed by atoms with Crippen LogP contribution in [0.15, 0.2) is 36.8 Å². The molecule has 0 aliphatic carbocycles. The molecule has 1 heterocycles. The average molecular weight is 394 g/mol. The van der Waals surface area contributed by atoms with Gasteiger partial charge in [-0.1, -0.05) is 44.5 Å². The van der Waals surface area contributed by atoms with Crippen molar-refractivity contribution in [3.63, 3.8) is 0 Å². The summed E-state index contributed by atoms with van der Waals surface area (Å²) in [4.78, 5) is 28.0. The van der Waals surface area contributed by atoms with Crippen LogP contribution in [0.5, 0.6) is 0 Å². The monoisotopic (exact) mass is 393 g/mol. The fraction of sp³-hybridized carbons (Fsp3) is 0.421. The number of nitrogens with one attached hydrogen (secondary N) is 1. The van der Waals surface area contributed by atoms with Crippen molar-refractivity contribution < 1.29 is 19.4 Å². The number of carboxylic acid groups (broad SMARTS) is 1. The molecule has 1 aromatic heterocycles. The van der Waals surface area contributed by atoms with Crippen molar-refractivity contribution in [3.05, 3.63) is 53.1 Å². The molecular weight excluding hydrogens is 370 g/mol. The molecule has 2 aromatic rings. The maximum atomic E-state index is 12.8. The molecule has 2 rings (SSSR count). The van der Waals surface area contributed by atoms with Crippen LogP contribution in [0.3, 0.4) is 0 Å². The number of hydrogen-bond acceptors (Lipinski definition) is 5. The Labute approximate surface area is 163 Å². The first-order valence-corrected chi connectivity index (χ1v) is 9.11. The van der Waals surface area contributed by atoms with Crippen LogP contribution in [0.4, 0.5) is 4.79 Å². The van der Waals surface area contributed by atoms with Crippen LogP contribution >= 0.6 is 11.6 Å². The van der Waals surface area contributed by atoms with E-state index < -0.39 is 17.7 Å². The van der Waals surface area contributed by atoms with Gasteiger partial charge in [-0.2, -0.15) is 0 Å². The van der Waals surface area contributed by atoms with Crippen LogP contribution in [0.2, 0.25) is 5.02 Å². The van der Waals surface area contributed by atoms with Gasteiger partial charge in [-0.3, -0.25) is 5.32 Å². The fourth-order valence-electron chi connectivity index (χ4n) is 3.24. The summed E-state index contributed by atoms with van der Waals surface area (Å²) in [6.07, 6.45) is 1.90. The van der Waals surface area contributed by atoms with Crippen molar-refractivity contribution in [2.75, 3.05) is 6.54 Å². The SMILES string of the molecule is CCNC(CC(C)C)(C(=O)OC(=O)O)c1cncn1Cc1cccc(Cl)c1. The number of benzene rings is 1. The highest BCUT2D eigenvalue weighted by Gasteiger charge is 2.45. The van der Waals surface area contributed by atoms with E-state index in [2.05, 4.69) is 15.0 Å². The molecule has 0 fully saturated rings. The number of imidazole rings is 1. The molecule has 146 valence electrons. The van der Waals surface area contributed by atoms with E-state index in [1.807, 2.05) is 39.0 Å². The Morgan fingerprint density at radius 1 is 1.41 bits per heavy atom. The van der Waals surface area contributed by atoms with Crippen LogP contribution < -0.4 is 5.32 Å². The number of halogens is 1. The zero-order valence-corrected chi connectivity index (χ0v) is 16.4. The van der Waals surface area contributed by atoms with Gasteiger partial charge in [-0.25, -0.2) is 14.6 Å². The molecule has 0 aliphatic heterocycles. The predicted octanol–water partition coefficient (Wildman–Crippen LogP) is 3.66. The van der Waals surface area contributed by atoms with Crippen molar-refractivity contribution >= 4 is 23.7 Å². The standard InChI is InChI=1S/C19H24ClN3O4/c1-4-22-19(9-13(2)3,17(24)27-18(25)26)16-10-21-12-23(16)11-14-6-5-7-15(20)8-14/h5-8,10,12-13,22H,4,9,11H2,1-3H3,(H,25,26). The highest BCUT2D eigenvalue weighted by molar-refractivity contribution is 6.30. The van der Waals surface area contributed by atoms with Gasteiger partial charge in [0.05, 0.1) is 18.2 Å². The van der Waals surface area contributed by atoms with E-state index in [0.717, 1.165) is 5.56 Å². The van der Waals surface area contributed by atoms with E-state index in [1.165, 1.54) is 0 Å². The maximum absolute atomic E-state index is 12.8. The van der Waals surface area contributed by atoms with E-state index >= 15 is 0 Å². The molecule has 1 atom stereocenters. The number of hydrogen-bond donors (Lipinski definition) is 2. The number of rotatable bonds is 8. The summed E-state index contributed by atoms with van der Waals surface area (Å²) in [5, 5.41) is 12.7. The molecule has 0 aliphatic rings. The minimum Gasteiger partial charge on any atom is -0.449 e. The van der Waals surface area contributed by atoms with E-state index in [1.54, 1.807) is 23.2 Å². The molecule has 0 saturated heterocycles. The van der Waals surface area contributed by atoms with Crippen molar-refractivity contribution in [2.45, 2.75) is 39.3 Å². The highest BCUT2D eigenvalue weighted by Crippen LogP contribution is 2.31. The lowest BCUT2D eigenvalue weighted by Crippen LogP contribution is -2.52. The Bertz CT molecular complexity index is 806. The highest BCUT2D eigenvalue weighted by atomic mass is 35.5. The van der Waals surface area contributed by atoms with Gasteiger partial charge in [0.15, 0.2) is 5.54 Å². The summed E-state index contributed by atoms with van der Waals surface area (Å²) < 4.78 is 6.38. The Balaban J connectivity index is 2.50. The lowest BCUT2D eigenvalue weighted by Gasteiger charge is -2.33. The van der Waals surface area contributed by atoms with Crippen molar-refractivity contribution in [3.8, 4) is 0 Å². The summed E-state index contributed by atoms with van der Waals surface area (Å²) in [6.45, 7) is 6.64. The van der Waals surface area contributed by atoms with Gasteiger partial charge in [-0.05, 0) is 36.6 Å². The number of esters is 1. The second-order valence-electron chi connectivity index (χ2n) is 6.73. The topological polar surface area (TPSA) is 93.4 Å². The second kappa shape index (κ2) is 9.01. The van der Waals surface area contributed by atoms with E-state index in [9.17, 15) is 9.59 Å². The van der Waals surface area contributed by atoms with Crippen LogP contribution in [-0.2, 0) is 21.6 Å². The third-order valence-electron chi connectivity index (χ3n) is 4.11. The Morgan fingerprint density at radius 2 is 2.15 bits per heavy atom. The zero-order chi connectivity index (χ0) is 20.0. The van der Waals surface area contributed by atoms with Crippen LogP contribution in [0.1, 0.15) is 38.4 Å². The van der Waals surface area contributed by atoms with Gasteiger partial charge in [0.1, 0.15) is 0 Å². The quantitative estimate of drug-likeness (QED) is 0.525. The largest absolute Gasteiger partial charge is 0.513 e. The number of carbonyl (C=O) groups is 2. The van der Waals surface area contributed by atoms with Crippen LogP contribution in [0.25, 0.3) is 0 Å². The molecular formula is C19H24ClN3O4. The summed E-state index contributed by atoms with van der Waals surface area (Å²) in [7, 11) is 0. The van der Waals surface area contributed by atoms with Gasteiger partial charge in [0, 0.05) is 11.6 Å². The third kappa shape index (κ3) is 5.08. The summed E-state index contributed by atoms with van der Waals surface area (Å²) in [5.41, 5.74) is 0.156. The molecule has 27 heavy (non-hydrogen) atoms. The van der Waals surface area contributed by atoms with Crippen molar-refractivity contribution in [1.29, 1.82) is 0 Å². The lowest BCUT2D eigenvalue weighted by molar-refractivity contribution is -0.148. The maximum Gasteiger partial charge on any atom is 0.513 e. The predicted molar refractivity (Wildman–Crippen MR) is 102 cm³/mol. The fourth-order valence-corrected chi connectivity index (χ4v) is 3.45. The smallest absolute Gasteiger partial charge is 0.449 e. The van der Waals surface area contributed by atoms with Gasteiger partial charge in [0.25, 0.3) is 0 Å². The van der Waals surface area contributed by atoms with Gasteiger partial charge in [-0.15, -0.1) is 0 Å². The molecule has 0 saturated carbocycles. The lowest BCUT2D eigenvalue weighted by atomic mass is 9.85. The minimum absolute atomic E-state index is 0.0971. The zero-order valence-electron chi connectivity index (χ0n) is 15.6. The van der Waals surface area contributed by atoms with Crippen LogP contribution in [-0.4, -0.2) is 33.3 Å². The molecule has 7 nitrogen and oxygen atoms in total. The second-order valence-corrected chi connectivity index (χ2v) is 7.16. The first-order chi connectivity index (χ1) is 12.8. The van der Waals surface area contributed by atoms with E-state index in [0.29, 0.717) is 30.2 Å². The van der Waals surface area contributed by atoms with Crippen molar-refractivity contribution in [1.82, 2.24) is 14.9 Å². The number of nitrogens with zero attached hydrogens (tertiary/aromatic N) is 2. The number of aromatic nitrogens is 2. The minimum atomic E-state index is -1.63. The first-order valence-electron chi connectivity index (χ1n) is 8.73. The Kier molecular flexibility index (Phi) is 6.98. The molecule has 0 spiro atoms. The average Bonchev–Trinajstić information content (AvgIpc) is 3.01. The first kappa shape index (κ1) is 20.9. The molecule has 0 radical (unpaired) electrons. The molecule has 1 unspecified atom stereocenters. The number of ether oxygens (including phenoxy) is 1.